The fraction of sp³-hybridized carbons (Fsp3) is 0.862. The summed E-state index contributed by atoms with van der Waals surface area (Å²) in [4.78, 5) is 26.6. The van der Waals surface area contributed by atoms with Gasteiger partial charge >= 0.3 is 17.9 Å². The van der Waals surface area contributed by atoms with E-state index in [1.165, 1.54) is 35.4 Å². The van der Waals surface area contributed by atoms with Crippen LogP contribution in [0.15, 0.2) is 0 Å². The number of ether oxygens (including phenoxy) is 23. The van der Waals surface area contributed by atoms with E-state index in [2.05, 4.69) is 0 Å². The van der Waals surface area contributed by atoms with Gasteiger partial charge in [0.25, 0.3) is 5.97 Å². The molecule has 0 bridgehead atoms. The van der Waals surface area contributed by atoms with Crippen LogP contribution in [0.3, 0.4) is 0 Å². The number of esters is 2. The number of aliphatic hydroxyl groups excluding tert-OH is 5. The van der Waals surface area contributed by atoms with Crippen LogP contribution in [0.5, 0.6) is 11.5 Å². The van der Waals surface area contributed by atoms with Crippen molar-refractivity contribution >= 4 is 35.1 Å². The summed E-state index contributed by atoms with van der Waals surface area (Å²) in [5.41, 5.74) is -1.19. The smallest absolute Gasteiger partial charge is 0.342 e. The Hall–Kier alpha value is -2.66. The molecule has 91 heavy (non-hydrogen) atoms. The van der Waals surface area contributed by atoms with E-state index in [1.807, 2.05) is 0 Å². The van der Waals surface area contributed by atoms with Gasteiger partial charge in [0.1, 0.15) is 102 Å². The number of phenols is 1. The van der Waals surface area contributed by atoms with Crippen LogP contribution >= 0.6 is 23.2 Å². The lowest BCUT2D eigenvalue weighted by Crippen LogP contribution is -2.66. The van der Waals surface area contributed by atoms with E-state index in [0.717, 1.165) is 0 Å². The summed E-state index contributed by atoms with van der Waals surface area (Å²) in [6.07, 6.45) is -31.9. The van der Waals surface area contributed by atoms with Gasteiger partial charge in [0, 0.05) is 40.6 Å². The largest absolute Gasteiger partial charge is 0.505 e. The molecule has 0 radical (unpaired) electrons. The fourth-order valence-electron chi connectivity index (χ4n) is 14.0. The Bertz CT molecular complexity index is 2690. The summed E-state index contributed by atoms with van der Waals surface area (Å²) < 4.78 is 141. The number of halogens is 2. The van der Waals surface area contributed by atoms with Crippen molar-refractivity contribution in [2.24, 2.45) is 0 Å². The van der Waals surface area contributed by atoms with Crippen molar-refractivity contribution in [1.29, 1.82) is 0 Å². The second kappa shape index (κ2) is 27.7. The molecule has 33 heteroatoms. The van der Waals surface area contributed by atoms with Gasteiger partial charge in [0.2, 0.25) is 6.29 Å². The van der Waals surface area contributed by atoms with Gasteiger partial charge in [-0.1, -0.05) is 30.1 Å². The van der Waals surface area contributed by atoms with Crippen molar-refractivity contribution < 1.29 is 149 Å². The molecule has 10 fully saturated rings. The topological polar surface area (TPSA) is 368 Å². The van der Waals surface area contributed by atoms with E-state index in [9.17, 15) is 40.2 Å². The Balaban J connectivity index is 0.716. The molecular formula is C58H84Cl2O31. The van der Waals surface area contributed by atoms with Gasteiger partial charge in [0.15, 0.2) is 55.0 Å². The minimum atomic E-state index is -1.87. The molecule has 6 N–H and O–H groups in total. The first-order chi connectivity index (χ1) is 43.2. The van der Waals surface area contributed by atoms with Gasteiger partial charge in [-0.15, -0.1) is 0 Å². The van der Waals surface area contributed by atoms with Gasteiger partial charge in [-0.05, 0) is 54.0 Å². The molecule has 10 aliphatic rings. The summed E-state index contributed by atoms with van der Waals surface area (Å²) in [6, 6.07) is 0. The van der Waals surface area contributed by atoms with Gasteiger partial charge in [-0.25, -0.2) is 4.79 Å². The number of carbonyl (C=O) groups excluding carboxylic acids is 2. The summed E-state index contributed by atoms with van der Waals surface area (Å²) in [5.74, 6) is -5.87. The number of carbonyl (C=O) groups is 2. The molecule has 10 aliphatic heterocycles. The van der Waals surface area contributed by atoms with E-state index < -0.39 is 207 Å². The highest BCUT2D eigenvalue weighted by Gasteiger charge is 2.69. The molecule has 0 saturated carbocycles. The van der Waals surface area contributed by atoms with E-state index in [1.54, 1.807) is 48.5 Å². The Morgan fingerprint density at radius 1 is 0.615 bits per heavy atom. The molecule has 0 amide bonds. The second-order valence-corrected chi connectivity index (χ2v) is 25.4. The first kappa shape index (κ1) is 69.7. The average Bonchev–Trinajstić information content (AvgIpc) is 1.61. The zero-order chi connectivity index (χ0) is 65.5. The number of hydrogen-bond acceptors (Lipinski definition) is 31. The van der Waals surface area contributed by atoms with Crippen LogP contribution < -0.4 is 4.74 Å². The van der Waals surface area contributed by atoms with Gasteiger partial charge < -0.3 is 140 Å². The number of fused-ring (bicyclic) bond motifs is 4. The standard InChI is InChI=1S/C58H84Cl2O31/c1-13-30(63)80-49-44-29(88-58(89-44)51-47(74-19-75-51)36(64)21(3)87-58)18-73-54(49)85-55-48(72-12)38(66)43(28(79-55)17-69-9)84-53-39(67)46(42(70-10)23(5)78-53)82-32-16-56(8)50(25(7)77-32)90-57(91-56)15-27(62)41(24(6)86-57)81-31-14-26(61)40(22(4)76-31)83-52(68)33-20(2)34(59)37(65)35(60)45(33)71-11/h21-29,31-32,36,38-44,46-51,53-55,61-62,64-67H,13-19H2,1-12H3/t21-,22-,23-,24-,25-,26-,27-,28-,29+,31?,32?,36+,38+,39?,40-,41-,42+,43-,44-,46?,47+,48+,49-,50-,51-,53+,54?,55+,56-,57?,58?/m1/s1. The minimum Gasteiger partial charge on any atom is -0.505 e. The predicted octanol–water partition coefficient (Wildman–Crippen LogP) is 0.847. The van der Waals surface area contributed by atoms with Crippen molar-refractivity contribution in [2.75, 3.05) is 48.4 Å². The molecule has 10 saturated heterocycles. The van der Waals surface area contributed by atoms with E-state index in [-0.39, 0.29) is 72.6 Å². The lowest BCUT2D eigenvalue weighted by atomic mass is 9.88. The number of phenolic OH excluding ortho intramolecular Hbond substituents is 1. The van der Waals surface area contributed by atoms with Crippen molar-refractivity contribution in [3.05, 3.63) is 21.2 Å². The lowest BCUT2D eigenvalue weighted by molar-refractivity contribution is -0.420. The second-order valence-electron chi connectivity index (χ2n) is 24.7. The highest BCUT2D eigenvalue weighted by Crippen LogP contribution is 2.52. The maximum absolute atomic E-state index is 13.5. The summed E-state index contributed by atoms with van der Waals surface area (Å²) in [7, 11) is 5.40. The molecule has 0 aliphatic carbocycles. The van der Waals surface area contributed by atoms with Crippen molar-refractivity contribution in [2.45, 2.75) is 270 Å². The zero-order valence-corrected chi connectivity index (χ0v) is 53.8. The number of rotatable bonds is 17. The first-order valence-corrected chi connectivity index (χ1v) is 31.3. The third kappa shape index (κ3) is 13.1. The van der Waals surface area contributed by atoms with Crippen LogP contribution in [-0.2, 0) is 109 Å². The van der Waals surface area contributed by atoms with E-state index in [0.29, 0.717) is 0 Å². The van der Waals surface area contributed by atoms with Crippen LogP contribution in [0.2, 0.25) is 10.0 Å². The van der Waals surface area contributed by atoms with E-state index >= 15 is 0 Å². The molecular weight excluding hydrogens is 1260 g/mol. The third-order valence-corrected chi connectivity index (χ3v) is 19.3. The highest BCUT2D eigenvalue weighted by atomic mass is 35.5. The van der Waals surface area contributed by atoms with E-state index in [4.69, 9.17) is 132 Å². The molecule has 1 aromatic rings. The van der Waals surface area contributed by atoms with Crippen molar-refractivity contribution in [3.8, 4) is 11.5 Å². The van der Waals surface area contributed by atoms with Crippen LogP contribution in [0.1, 0.15) is 90.1 Å². The maximum atomic E-state index is 13.5. The SMILES string of the molecule is CCC(=O)O[C@H]1C(O[C@@H]2O[C@H](COC)[C@@H](O[C@@H]3O[C@H](C)[C@H](OC)C(OC4C[C@@]5(C)OC6(C[C@@H](O)[C@H](OC7C[C@@H](O)[C@H](OC(=O)c8c(C)c(Cl)c(O)c(Cl)c8OC)[C@@H](C)O7)[C@@H](C)O6)O[C@@H]5[C@@H](C)O4)C3O)[C@H](O)[C@@H]2OC)OC[C@@H]2OC3(O[C@H]21)O[C@H](C)[C@H](O)[C@@H]1OCO[C@H]13. The first-order valence-electron chi connectivity index (χ1n) is 30.5. The third-order valence-electron chi connectivity index (χ3n) is 18.5. The summed E-state index contributed by atoms with van der Waals surface area (Å²) in [6.45, 7) is 12.7. The molecule has 1 aromatic carbocycles. The Kier molecular flexibility index (Phi) is 21.2. The normalized spacial score (nSPS) is 48.0. The Morgan fingerprint density at radius 3 is 2.01 bits per heavy atom. The Labute approximate surface area is 534 Å². The molecule has 0 aromatic heterocycles. The quantitative estimate of drug-likeness (QED) is 0.118. The summed E-state index contributed by atoms with van der Waals surface area (Å²) in [5, 5.41) is 68.2. The van der Waals surface area contributed by atoms with Gasteiger partial charge in [-0.2, -0.15) is 0 Å². The van der Waals surface area contributed by atoms with Crippen LogP contribution in [0.25, 0.3) is 0 Å². The predicted molar refractivity (Wildman–Crippen MR) is 299 cm³/mol. The number of benzene rings is 1. The van der Waals surface area contributed by atoms with Gasteiger partial charge in [0.05, 0.1) is 74.5 Å². The minimum absolute atomic E-state index is 0.0165. The monoisotopic (exact) mass is 1350 g/mol. The number of methoxy groups -OCH3 is 4. The van der Waals surface area contributed by atoms with Gasteiger partial charge in [-0.3, -0.25) is 4.79 Å². The van der Waals surface area contributed by atoms with Crippen molar-refractivity contribution in [1.82, 2.24) is 0 Å². The number of aliphatic hydroxyl groups is 5. The lowest BCUT2D eigenvalue weighted by Gasteiger charge is -2.49. The zero-order valence-electron chi connectivity index (χ0n) is 52.3. The van der Waals surface area contributed by atoms with Crippen molar-refractivity contribution in [3.63, 3.8) is 0 Å². The molecule has 7 unspecified atom stereocenters. The molecule has 516 valence electrons. The Morgan fingerprint density at radius 2 is 1.33 bits per heavy atom. The molecule has 31 nitrogen and oxygen atoms in total. The number of hydrogen-bond donors (Lipinski definition) is 6. The summed E-state index contributed by atoms with van der Waals surface area (Å²) >= 11 is 12.5. The molecule has 31 atom stereocenters. The molecule has 2 spiro atoms. The number of aromatic hydroxyl groups is 1. The molecule has 10 heterocycles. The van der Waals surface area contributed by atoms with Crippen LogP contribution in [-0.4, -0.2) is 280 Å². The highest BCUT2D eigenvalue weighted by molar-refractivity contribution is 6.39. The fourth-order valence-corrected chi connectivity index (χ4v) is 14.5. The maximum Gasteiger partial charge on any atom is 0.342 e. The average molecular weight is 1350 g/mol. The van der Waals surface area contributed by atoms with Crippen LogP contribution in [0, 0.1) is 6.92 Å². The van der Waals surface area contributed by atoms with Crippen LogP contribution in [0.4, 0.5) is 0 Å². The molecule has 11 rings (SSSR count).